The number of methoxy groups -OCH3 is 1. The average Bonchev–Trinajstić information content (AvgIpc) is 3.06. The van der Waals surface area contributed by atoms with Crippen LogP contribution in [0.4, 0.5) is 0 Å². The molecule has 0 fully saturated rings. The van der Waals surface area contributed by atoms with Crippen LogP contribution in [0.1, 0.15) is 12.1 Å². The quantitative estimate of drug-likeness (QED) is 0.607. The SMILES string of the molecule is COc1ccc(-c2ccc(CCC(=O)O)n2-c2cccc(Cl)c2Cl)cc1. The van der Waals surface area contributed by atoms with E-state index >= 15 is 0 Å². The topological polar surface area (TPSA) is 51.5 Å². The van der Waals surface area contributed by atoms with Crippen molar-refractivity contribution in [1.29, 1.82) is 0 Å². The van der Waals surface area contributed by atoms with Crippen LogP contribution in [-0.2, 0) is 11.2 Å². The highest BCUT2D eigenvalue weighted by Crippen LogP contribution is 2.34. The number of aryl methyl sites for hydroxylation is 1. The summed E-state index contributed by atoms with van der Waals surface area (Å²) in [6, 6.07) is 16.9. The Bertz CT molecular complexity index is 933. The van der Waals surface area contributed by atoms with Gasteiger partial charge in [0.2, 0.25) is 0 Å². The second kappa shape index (κ2) is 7.85. The maximum absolute atomic E-state index is 11.0. The molecular formula is C20H17Cl2NO3. The molecule has 3 aromatic rings. The average molecular weight is 390 g/mol. The fourth-order valence-electron chi connectivity index (χ4n) is 2.85. The molecule has 0 saturated heterocycles. The Hall–Kier alpha value is -2.43. The Balaban J connectivity index is 2.15. The van der Waals surface area contributed by atoms with Gasteiger partial charge in [-0.1, -0.05) is 29.3 Å². The normalized spacial score (nSPS) is 10.7. The second-order valence-electron chi connectivity index (χ2n) is 5.74. The third-order valence-corrected chi connectivity index (χ3v) is 4.92. The first-order valence-corrected chi connectivity index (χ1v) is 8.78. The number of nitrogens with zero attached hydrogens (tertiary/aromatic N) is 1. The first-order valence-electron chi connectivity index (χ1n) is 8.02. The van der Waals surface area contributed by atoms with E-state index in [-0.39, 0.29) is 6.42 Å². The molecule has 0 bridgehead atoms. The Labute approximate surface area is 161 Å². The minimum Gasteiger partial charge on any atom is -0.497 e. The molecule has 1 aromatic heterocycles. The highest BCUT2D eigenvalue weighted by atomic mass is 35.5. The van der Waals surface area contributed by atoms with Crippen LogP contribution in [0.15, 0.2) is 54.6 Å². The first kappa shape index (κ1) is 18.4. The largest absolute Gasteiger partial charge is 0.497 e. The van der Waals surface area contributed by atoms with E-state index in [4.69, 9.17) is 33.0 Å². The van der Waals surface area contributed by atoms with Crippen molar-refractivity contribution < 1.29 is 14.6 Å². The van der Waals surface area contributed by atoms with E-state index in [1.165, 1.54) is 0 Å². The van der Waals surface area contributed by atoms with Crippen molar-refractivity contribution >= 4 is 29.2 Å². The van der Waals surface area contributed by atoms with Crippen molar-refractivity contribution in [3.8, 4) is 22.7 Å². The van der Waals surface area contributed by atoms with Gasteiger partial charge >= 0.3 is 5.97 Å². The first-order chi connectivity index (χ1) is 12.5. The van der Waals surface area contributed by atoms with Crippen molar-refractivity contribution in [3.05, 3.63) is 70.3 Å². The lowest BCUT2D eigenvalue weighted by atomic mass is 10.1. The van der Waals surface area contributed by atoms with Gasteiger partial charge in [0.1, 0.15) is 5.75 Å². The van der Waals surface area contributed by atoms with Gasteiger partial charge in [-0.3, -0.25) is 4.79 Å². The number of ether oxygens (including phenoxy) is 1. The Morgan fingerprint density at radius 1 is 1.08 bits per heavy atom. The van der Waals surface area contributed by atoms with E-state index in [1.807, 2.05) is 53.1 Å². The summed E-state index contributed by atoms with van der Waals surface area (Å²) in [6.07, 6.45) is 0.415. The number of benzene rings is 2. The Morgan fingerprint density at radius 2 is 1.81 bits per heavy atom. The summed E-state index contributed by atoms with van der Waals surface area (Å²) in [7, 11) is 1.62. The van der Waals surface area contributed by atoms with E-state index in [1.54, 1.807) is 13.2 Å². The van der Waals surface area contributed by atoms with Crippen LogP contribution in [0, 0.1) is 0 Å². The van der Waals surface area contributed by atoms with Crippen molar-refractivity contribution in [3.63, 3.8) is 0 Å². The summed E-state index contributed by atoms with van der Waals surface area (Å²) in [4.78, 5) is 11.0. The Morgan fingerprint density at radius 3 is 2.46 bits per heavy atom. The molecule has 0 atom stereocenters. The van der Waals surface area contributed by atoms with E-state index in [2.05, 4.69) is 0 Å². The number of aliphatic carboxylic acids is 1. The second-order valence-corrected chi connectivity index (χ2v) is 6.53. The highest BCUT2D eigenvalue weighted by Gasteiger charge is 2.16. The zero-order valence-electron chi connectivity index (χ0n) is 14.1. The van der Waals surface area contributed by atoms with Gasteiger partial charge in [0.25, 0.3) is 0 Å². The van der Waals surface area contributed by atoms with Crippen molar-refractivity contribution in [2.45, 2.75) is 12.8 Å². The number of hydrogen-bond acceptors (Lipinski definition) is 2. The Kier molecular flexibility index (Phi) is 5.55. The third kappa shape index (κ3) is 3.71. The van der Waals surface area contributed by atoms with Crippen LogP contribution in [0.25, 0.3) is 16.9 Å². The maximum atomic E-state index is 11.0. The van der Waals surface area contributed by atoms with E-state index in [9.17, 15) is 4.79 Å². The predicted molar refractivity (Wildman–Crippen MR) is 104 cm³/mol. The minimum atomic E-state index is -0.846. The third-order valence-electron chi connectivity index (χ3n) is 4.11. The number of rotatable bonds is 6. The number of aromatic nitrogens is 1. The van der Waals surface area contributed by atoms with Gasteiger partial charge in [0.15, 0.2) is 0 Å². The summed E-state index contributed by atoms with van der Waals surface area (Å²) in [5, 5.41) is 9.92. The number of hydrogen-bond donors (Lipinski definition) is 1. The fraction of sp³-hybridized carbons (Fsp3) is 0.150. The van der Waals surface area contributed by atoms with E-state index < -0.39 is 5.97 Å². The van der Waals surface area contributed by atoms with Gasteiger partial charge in [-0.15, -0.1) is 0 Å². The highest BCUT2D eigenvalue weighted by molar-refractivity contribution is 6.43. The molecule has 4 nitrogen and oxygen atoms in total. The van der Waals surface area contributed by atoms with Gasteiger partial charge in [0.05, 0.1) is 35.0 Å². The molecule has 0 spiro atoms. The lowest BCUT2D eigenvalue weighted by Crippen LogP contribution is -2.06. The summed E-state index contributed by atoms with van der Waals surface area (Å²) in [6.45, 7) is 0. The summed E-state index contributed by atoms with van der Waals surface area (Å²) in [5.74, 6) is -0.0836. The molecule has 1 heterocycles. The van der Waals surface area contributed by atoms with Crippen LogP contribution < -0.4 is 4.74 Å². The molecule has 3 rings (SSSR count). The van der Waals surface area contributed by atoms with Crippen LogP contribution in [0.5, 0.6) is 5.75 Å². The molecular weight excluding hydrogens is 373 g/mol. The van der Waals surface area contributed by atoms with Crippen LogP contribution in [0.3, 0.4) is 0 Å². The molecule has 0 radical (unpaired) electrons. The zero-order valence-corrected chi connectivity index (χ0v) is 15.6. The molecule has 0 unspecified atom stereocenters. The fourth-order valence-corrected chi connectivity index (χ4v) is 3.23. The van der Waals surface area contributed by atoms with Crippen LogP contribution in [-0.4, -0.2) is 22.8 Å². The van der Waals surface area contributed by atoms with Crippen molar-refractivity contribution in [2.24, 2.45) is 0 Å². The van der Waals surface area contributed by atoms with E-state index in [0.29, 0.717) is 16.5 Å². The number of halogens is 2. The van der Waals surface area contributed by atoms with Crippen LogP contribution >= 0.6 is 23.2 Å². The predicted octanol–water partition coefficient (Wildman–Crippen LogP) is 5.48. The molecule has 0 aliphatic rings. The molecule has 0 saturated carbocycles. The van der Waals surface area contributed by atoms with Gasteiger partial charge < -0.3 is 14.4 Å². The smallest absolute Gasteiger partial charge is 0.303 e. The monoisotopic (exact) mass is 389 g/mol. The molecule has 1 N–H and O–H groups in total. The standard InChI is InChI=1S/C20H17Cl2NO3/c1-26-15-9-5-13(6-10-15)17-11-7-14(8-12-19(24)25)23(17)18-4-2-3-16(21)20(18)22/h2-7,9-11H,8,12H2,1H3,(H,24,25). The lowest BCUT2D eigenvalue weighted by Gasteiger charge is -2.16. The number of carboxylic acid groups (broad SMARTS) is 1. The lowest BCUT2D eigenvalue weighted by molar-refractivity contribution is -0.136. The van der Waals surface area contributed by atoms with Gasteiger partial charge in [0, 0.05) is 5.69 Å². The number of carboxylic acids is 1. The summed E-state index contributed by atoms with van der Waals surface area (Å²) < 4.78 is 7.17. The van der Waals surface area contributed by atoms with E-state index in [0.717, 1.165) is 28.4 Å². The minimum absolute atomic E-state index is 0.0320. The van der Waals surface area contributed by atoms with Gasteiger partial charge in [-0.2, -0.15) is 0 Å². The van der Waals surface area contributed by atoms with Crippen molar-refractivity contribution in [1.82, 2.24) is 4.57 Å². The summed E-state index contributed by atoms with van der Waals surface area (Å²) in [5.41, 5.74) is 3.43. The molecule has 6 heteroatoms. The van der Waals surface area contributed by atoms with Gasteiger partial charge in [-0.25, -0.2) is 0 Å². The molecule has 0 aliphatic heterocycles. The number of carbonyl (C=O) groups is 1. The molecule has 0 aliphatic carbocycles. The molecule has 0 amide bonds. The zero-order chi connectivity index (χ0) is 18.7. The van der Waals surface area contributed by atoms with Gasteiger partial charge in [-0.05, 0) is 60.5 Å². The summed E-state index contributed by atoms with van der Waals surface area (Å²) >= 11 is 12.6. The molecule has 134 valence electrons. The van der Waals surface area contributed by atoms with Crippen LogP contribution in [0.2, 0.25) is 10.0 Å². The maximum Gasteiger partial charge on any atom is 0.303 e. The molecule has 26 heavy (non-hydrogen) atoms. The van der Waals surface area contributed by atoms with Crippen molar-refractivity contribution in [2.75, 3.05) is 7.11 Å². The molecule has 2 aromatic carbocycles.